The van der Waals surface area contributed by atoms with Crippen LogP contribution in [-0.2, 0) is 9.47 Å². The van der Waals surface area contributed by atoms with Crippen molar-refractivity contribution in [3.05, 3.63) is 23.3 Å². The van der Waals surface area contributed by atoms with E-state index in [1.54, 1.807) is 14.2 Å². The van der Waals surface area contributed by atoms with E-state index < -0.39 is 0 Å². The maximum atomic E-state index is 9.07. The van der Waals surface area contributed by atoms with E-state index in [1.165, 1.54) is 11.1 Å². The lowest BCUT2D eigenvalue weighted by molar-refractivity contribution is 0.0107. The van der Waals surface area contributed by atoms with Gasteiger partial charge in [-0.1, -0.05) is 0 Å². The first kappa shape index (κ1) is 9.90. The van der Waals surface area contributed by atoms with Crippen molar-refractivity contribution in [1.82, 2.24) is 0 Å². The molecule has 0 radical (unpaired) electrons. The van der Waals surface area contributed by atoms with Crippen LogP contribution < -0.4 is 0 Å². The van der Waals surface area contributed by atoms with E-state index in [9.17, 15) is 0 Å². The van der Waals surface area contributed by atoms with Crippen LogP contribution in [0.15, 0.2) is 23.3 Å². The highest BCUT2D eigenvalue weighted by Crippen LogP contribution is 2.42. The molecular formula is C11H16O3. The summed E-state index contributed by atoms with van der Waals surface area (Å²) in [6.45, 7) is 0.233. The maximum Gasteiger partial charge on any atom is 0.106 e. The van der Waals surface area contributed by atoms with Gasteiger partial charge >= 0.3 is 0 Å². The van der Waals surface area contributed by atoms with Crippen molar-refractivity contribution >= 4 is 0 Å². The van der Waals surface area contributed by atoms with Gasteiger partial charge in [-0.05, 0) is 29.7 Å². The molecule has 2 aliphatic rings. The van der Waals surface area contributed by atoms with Gasteiger partial charge in [-0.15, -0.1) is 0 Å². The predicted molar refractivity (Wildman–Crippen MR) is 53.0 cm³/mol. The molecule has 2 rings (SSSR count). The lowest BCUT2D eigenvalue weighted by Gasteiger charge is -2.38. The van der Waals surface area contributed by atoms with Crippen LogP contribution in [0.1, 0.15) is 6.42 Å². The Morgan fingerprint density at radius 3 is 2.50 bits per heavy atom. The van der Waals surface area contributed by atoms with Crippen LogP contribution in [0.5, 0.6) is 0 Å². The number of allylic oxidation sites excluding steroid dienone is 1. The fourth-order valence-electron chi connectivity index (χ4n) is 2.16. The van der Waals surface area contributed by atoms with E-state index >= 15 is 0 Å². The number of methoxy groups -OCH3 is 2. The van der Waals surface area contributed by atoms with E-state index in [2.05, 4.69) is 12.2 Å². The quantitative estimate of drug-likeness (QED) is 0.728. The van der Waals surface area contributed by atoms with Crippen molar-refractivity contribution in [2.45, 2.75) is 18.6 Å². The van der Waals surface area contributed by atoms with Gasteiger partial charge in [-0.3, -0.25) is 0 Å². The van der Waals surface area contributed by atoms with E-state index in [1.807, 2.05) is 0 Å². The molecular weight excluding hydrogens is 180 g/mol. The lowest BCUT2D eigenvalue weighted by Crippen LogP contribution is -2.36. The van der Waals surface area contributed by atoms with Crippen molar-refractivity contribution < 1.29 is 14.6 Å². The van der Waals surface area contributed by atoms with Crippen LogP contribution in [0.2, 0.25) is 0 Å². The summed E-state index contributed by atoms with van der Waals surface area (Å²) < 4.78 is 10.6. The maximum absolute atomic E-state index is 9.07. The van der Waals surface area contributed by atoms with Gasteiger partial charge < -0.3 is 14.6 Å². The van der Waals surface area contributed by atoms with E-state index in [0.29, 0.717) is 5.92 Å². The van der Waals surface area contributed by atoms with Gasteiger partial charge in [-0.2, -0.15) is 0 Å². The summed E-state index contributed by atoms with van der Waals surface area (Å²) in [6, 6.07) is 0. The number of aliphatic hydroxyl groups is 1. The lowest BCUT2D eigenvalue weighted by atomic mass is 9.71. The standard InChI is InChI=1S/C11H16O3/c1-13-10-4-7-3-8(6-12)9(7)5-11(10)14-2/h4-5,8,10-12H,3,6H2,1-2H3. The van der Waals surface area contributed by atoms with Crippen LogP contribution in [0.4, 0.5) is 0 Å². The van der Waals surface area contributed by atoms with Gasteiger partial charge in [0.25, 0.3) is 0 Å². The molecule has 3 nitrogen and oxygen atoms in total. The van der Waals surface area contributed by atoms with Gasteiger partial charge in [0, 0.05) is 20.1 Å². The third-order valence-corrected chi connectivity index (χ3v) is 3.07. The van der Waals surface area contributed by atoms with Gasteiger partial charge in [0.2, 0.25) is 0 Å². The zero-order valence-corrected chi connectivity index (χ0v) is 8.56. The summed E-state index contributed by atoms with van der Waals surface area (Å²) >= 11 is 0. The molecule has 14 heavy (non-hydrogen) atoms. The van der Waals surface area contributed by atoms with Gasteiger partial charge in [0.1, 0.15) is 12.2 Å². The summed E-state index contributed by atoms with van der Waals surface area (Å²) in [5.41, 5.74) is 2.55. The summed E-state index contributed by atoms with van der Waals surface area (Å²) in [7, 11) is 3.37. The minimum atomic E-state index is -0.00639. The van der Waals surface area contributed by atoms with Gasteiger partial charge in [0.05, 0.1) is 6.61 Å². The third-order valence-electron chi connectivity index (χ3n) is 3.07. The average molecular weight is 196 g/mol. The Morgan fingerprint density at radius 2 is 1.93 bits per heavy atom. The van der Waals surface area contributed by atoms with Crippen LogP contribution in [0.25, 0.3) is 0 Å². The van der Waals surface area contributed by atoms with Crippen LogP contribution in [-0.4, -0.2) is 38.1 Å². The molecule has 0 aliphatic heterocycles. The molecule has 1 fully saturated rings. The molecule has 0 spiro atoms. The Kier molecular flexibility index (Phi) is 2.72. The first-order valence-electron chi connectivity index (χ1n) is 4.89. The molecule has 0 heterocycles. The number of ether oxygens (including phenoxy) is 2. The molecule has 0 aromatic carbocycles. The Hall–Kier alpha value is -0.640. The second kappa shape index (κ2) is 3.85. The zero-order valence-electron chi connectivity index (χ0n) is 8.56. The van der Waals surface area contributed by atoms with Gasteiger partial charge in [-0.25, -0.2) is 0 Å². The number of hydrogen-bond acceptors (Lipinski definition) is 3. The van der Waals surface area contributed by atoms with Crippen molar-refractivity contribution in [1.29, 1.82) is 0 Å². The normalized spacial score (nSPS) is 35.5. The SMILES string of the molecule is COC1C=C2CC(CO)C2=CC1OC. The minimum absolute atomic E-state index is 0.00639. The van der Waals surface area contributed by atoms with E-state index in [0.717, 1.165) is 6.42 Å². The molecule has 0 saturated heterocycles. The molecule has 0 aromatic rings. The molecule has 78 valence electrons. The Bertz CT molecular complexity index is 280. The molecule has 3 heteroatoms. The Labute approximate surface area is 84.0 Å². The number of aliphatic hydroxyl groups excluding tert-OH is 1. The molecule has 0 aromatic heterocycles. The van der Waals surface area contributed by atoms with Gasteiger partial charge in [0.15, 0.2) is 0 Å². The fourth-order valence-corrected chi connectivity index (χ4v) is 2.16. The minimum Gasteiger partial charge on any atom is -0.396 e. The number of fused-ring (bicyclic) bond motifs is 1. The van der Waals surface area contributed by atoms with Crippen molar-refractivity contribution in [3.8, 4) is 0 Å². The molecule has 3 unspecified atom stereocenters. The van der Waals surface area contributed by atoms with Crippen molar-refractivity contribution in [2.75, 3.05) is 20.8 Å². The number of hydrogen-bond donors (Lipinski definition) is 1. The monoisotopic (exact) mass is 196 g/mol. The first-order chi connectivity index (χ1) is 6.80. The Morgan fingerprint density at radius 1 is 1.29 bits per heavy atom. The molecule has 2 aliphatic carbocycles. The topological polar surface area (TPSA) is 38.7 Å². The molecule has 1 N–H and O–H groups in total. The largest absolute Gasteiger partial charge is 0.396 e. The zero-order chi connectivity index (χ0) is 10.1. The van der Waals surface area contributed by atoms with Crippen LogP contribution in [0.3, 0.4) is 0 Å². The highest BCUT2D eigenvalue weighted by Gasteiger charge is 2.35. The smallest absolute Gasteiger partial charge is 0.106 e. The van der Waals surface area contributed by atoms with E-state index in [4.69, 9.17) is 14.6 Å². The molecule has 0 amide bonds. The molecule has 3 atom stereocenters. The van der Waals surface area contributed by atoms with Crippen molar-refractivity contribution in [3.63, 3.8) is 0 Å². The summed E-state index contributed by atoms with van der Waals surface area (Å²) in [6.07, 6.45) is 5.17. The van der Waals surface area contributed by atoms with Crippen LogP contribution >= 0.6 is 0 Å². The fraction of sp³-hybridized carbons (Fsp3) is 0.636. The molecule has 0 bridgehead atoms. The highest BCUT2D eigenvalue weighted by atomic mass is 16.5. The third kappa shape index (κ3) is 1.41. The van der Waals surface area contributed by atoms with E-state index in [-0.39, 0.29) is 18.8 Å². The van der Waals surface area contributed by atoms with Crippen molar-refractivity contribution in [2.24, 2.45) is 5.92 Å². The second-order valence-electron chi connectivity index (χ2n) is 3.80. The summed E-state index contributed by atoms with van der Waals surface area (Å²) in [4.78, 5) is 0. The number of rotatable bonds is 3. The van der Waals surface area contributed by atoms with Crippen LogP contribution in [0, 0.1) is 5.92 Å². The summed E-state index contributed by atoms with van der Waals surface area (Å²) in [5, 5.41) is 9.07. The average Bonchev–Trinajstić information content (AvgIpc) is 2.20. The first-order valence-corrected chi connectivity index (χ1v) is 4.89. The Balaban J connectivity index is 2.15. The second-order valence-corrected chi connectivity index (χ2v) is 3.80. The predicted octanol–water partition coefficient (Wildman–Crippen LogP) is 0.895. The molecule has 1 saturated carbocycles. The summed E-state index contributed by atoms with van der Waals surface area (Å²) in [5.74, 6) is 0.316. The highest BCUT2D eigenvalue weighted by molar-refractivity contribution is 5.47.